The van der Waals surface area contributed by atoms with Gasteiger partial charge in [-0.3, -0.25) is 0 Å². The third kappa shape index (κ3) is 3.04. The first-order valence-electron chi connectivity index (χ1n) is 7.96. The molecule has 0 aliphatic rings. The second-order valence-corrected chi connectivity index (χ2v) is 6.08. The van der Waals surface area contributed by atoms with Gasteiger partial charge in [0.05, 0.1) is 18.3 Å². The molecule has 3 nitrogen and oxygen atoms in total. The molecule has 0 fully saturated rings. The maximum absolute atomic E-state index is 5.99. The molecule has 0 radical (unpaired) electrons. The van der Waals surface area contributed by atoms with E-state index in [9.17, 15) is 0 Å². The van der Waals surface area contributed by atoms with E-state index in [0.717, 1.165) is 11.5 Å². The van der Waals surface area contributed by atoms with Crippen LogP contribution < -0.4 is 9.47 Å². The molecule has 0 atom stereocenters. The van der Waals surface area contributed by atoms with Crippen molar-refractivity contribution in [1.82, 2.24) is 4.57 Å². The lowest BCUT2D eigenvalue weighted by Gasteiger charge is -2.16. The fraction of sp³-hybridized carbons (Fsp3) is 0.300. The molecule has 0 saturated carbocycles. The standard InChI is InChI=1S/C20H23NO2/c1-14(2)21-17(11-16-8-5-7-15(3)20(16)21)13-23-19-10-6-9-18(12-19)22-4/h5-12,14H,13H2,1-4H3. The third-order valence-electron chi connectivity index (χ3n) is 4.09. The molecule has 0 amide bonds. The average molecular weight is 309 g/mol. The molecule has 0 N–H and O–H groups in total. The van der Waals surface area contributed by atoms with E-state index >= 15 is 0 Å². The number of aromatic nitrogens is 1. The zero-order valence-corrected chi connectivity index (χ0v) is 14.2. The normalized spacial score (nSPS) is 11.2. The zero-order valence-electron chi connectivity index (χ0n) is 14.2. The highest BCUT2D eigenvalue weighted by Crippen LogP contribution is 2.28. The summed E-state index contributed by atoms with van der Waals surface area (Å²) in [5.74, 6) is 1.63. The van der Waals surface area contributed by atoms with E-state index in [4.69, 9.17) is 9.47 Å². The van der Waals surface area contributed by atoms with Crippen molar-refractivity contribution in [3.63, 3.8) is 0 Å². The van der Waals surface area contributed by atoms with Crippen LogP contribution >= 0.6 is 0 Å². The van der Waals surface area contributed by atoms with Crippen LogP contribution in [0.25, 0.3) is 10.9 Å². The second-order valence-electron chi connectivity index (χ2n) is 6.08. The van der Waals surface area contributed by atoms with Crippen LogP contribution in [0.5, 0.6) is 11.5 Å². The molecule has 2 aromatic carbocycles. The molecule has 0 aliphatic heterocycles. The summed E-state index contributed by atoms with van der Waals surface area (Å²) in [5, 5.41) is 1.27. The van der Waals surface area contributed by atoms with E-state index in [1.54, 1.807) is 7.11 Å². The van der Waals surface area contributed by atoms with Crippen LogP contribution in [-0.2, 0) is 6.61 Å². The number of hydrogen-bond donors (Lipinski definition) is 0. The lowest BCUT2D eigenvalue weighted by molar-refractivity contribution is 0.291. The van der Waals surface area contributed by atoms with Gasteiger partial charge in [0.15, 0.2) is 0 Å². The fourth-order valence-corrected chi connectivity index (χ4v) is 3.07. The zero-order chi connectivity index (χ0) is 16.4. The van der Waals surface area contributed by atoms with Gasteiger partial charge >= 0.3 is 0 Å². The van der Waals surface area contributed by atoms with E-state index in [-0.39, 0.29) is 0 Å². The lowest BCUT2D eigenvalue weighted by Crippen LogP contribution is -2.08. The van der Waals surface area contributed by atoms with Gasteiger partial charge in [-0.2, -0.15) is 0 Å². The summed E-state index contributed by atoms with van der Waals surface area (Å²) in [4.78, 5) is 0. The molecule has 0 bridgehead atoms. The lowest BCUT2D eigenvalue weighted by atomic mass is 10.1. The van der Waals surface area contributed by atoms with Crippen LogP contribution in [0.1, 0.15) is 31.1 Å². The number of ether oxygens (including phenoxy) is 2. The molecule has 3 rings (SSSR count). The minimum atomic E-state index is 0.387. The number of aryl methyl sites for hydroxylation is 1. The summed E-state index contributed by atoms with van der Waals surface area (Å²) in [7, 11) is 1.67. The van der Waals surface area contributed by atoms with Gasteiger partial charge in [-0.05, 0) is 44.5 Å². The topological polar surface area (TPSA) is 23.4 Å². The molecule has 0 unspecified atom stereocenters. The average Bonchev–Trinajstić information content (AvgIpc) is 2.93. The van der Waals surface area contributed by atoms with Crippen molar-refractivity contribution >= 4 is 10.9 Å². The number of hydrogen-bond acceptors (Lipinski definition) is 2. The van der Waals surface area contributed by atoms with E-state index in [2.05, 4.69) is 49.6 Å². The van der Waals surface area contributed by atoms with Crippen molar-refractivity contribution in [2.24, 2.45) is 0 Å². The Balaban J connectivity index is 1.93. The largest absolute Gasteiger partial charge is 0.497 e. The molecular formula is C20H23NO2. The number of benzene rings is 2. The van der Waals surface area contributed by atoms with Crippen LogP contribution in [0, 0.1) is 6.92 Å². The Kier molecular flexibility index (Phi) is 4.28. The minimum absolute atomic E-state index is 0.387. The van der Waals surface area contributed by atoms with Gasteiger partial charge in [0.25, 0.3) is 0 Å². The second kappa shape index (κ2) is 6.37. The van der Waals surface area contributed by atoms with Crippen molar-refractivity contribution in [2.45, 2.75) is 33.4 Å². The molecule has 1 heterocycles. The van der Waals surface area contributed by atoms with Gasteiger partial charge in [0.1, 0.15) is 18.1 Å². The molecular weight excluding hydrogens is 286 g/mol. The van der Waals surface area contributed by atoms with Crippen molar-refractivity contribution < 1.29 is 9.47 Å². The van der Waals surface area contributed by atoms with Crippen molar-refractivity contribution in [3.05, 3.63) is 59.8 Å². The molecule has 0 spiro atoms. The van der Waals surface area contributed by atoms with E-state index in [1.807, 2.05) is 24.3 Å². The smallest absolute Gasteiger partial charge is 0.128 e. The molecule has 0 aliphatic carbocycles. The quantitative estimate of drug-likeness (QED) is 0.653. The Hall–Kier alpha value is -2.42. The van der Waals surface area contributed by atoms with Crippen LogP contribution in [-0.4, -0.2) is 11.7 Å². The number of methoxy groups -OCH3 is 1. The van der Waals surface area contributed by atoms with Gasteiger partial charge in [-0.25, -0.2) is 0 Å². The first-order chi connectivity index (χ1) is 11.1. The van der Waals surface area contributed by atoms with Gasteiger partial charge in [0, 0.05) is 17.5 Å². The number of para-hydroxylation sites is 1. The number of fused-ring (bicyclic) bond motifs is 1. The van der Waals surface area contributed by atoms with Gasteiger partial charge in [-0.1, -0.05) is 24.3 Å². The van der Waals surface area contributed by atoms with Crippen LogP contribution in [0.4, 0.5) is 0 Å². The van der Waals surface area contributed by atoms with Gasteiger partial charge in [0.2, 0.25) is 0 Å². The molecule has 0 saturated heterocycles. The third-order valence-corrected chi connectivity index (χ3v) is 4.09. The van der Waals surface area contributed by atoms with Crippen molar-refractivity contribution in [3.8, 4) is 11.5 Å². The molecule has 1 aromatic heterocycles. The molecule has 120 valence electrons. The fourth-order valence-electron chi connectivity index (χ4n) is 3.07. The van der Waals surface area contributed by atoms with Crippen LogP contribution in [0.2, 0.25) is 0 Å². The molecule has 3 heteroatoms. The summed E-state index contributed by atoms with van der Waals surface area (Å²) in [6, 6.07) is 16.8. The Morgan fingerprint density at radius 2 is 1.74 bits per heavy atom. The van der Waals surface area contributed by atoms with E-state index < -0.39 is 0 Å². The highest BCUT2D eigenvalue weighted by Gasteiger charge is 2.13. The first-order valence-corrected chi connectivity index (χ1v) is 7.96. The van der Waals surface area contributed by atoms with Gasteiger partial charge in [-0.15, -0.1) is 0 Å². The summed E-state index contributed by atoms with van der Waals surface area (Å²) in [6.07, 6.45) is 0. The maximum atomic E-state index is 5.99. The monoisotopic (exact) mass is 309 g/mol. The summed E-state index contributed by atoms with van der Waals surface area (Å²) < 4.78 is 13.6. The Morgan fingerprint density at radius 3 is 2.48 bits per heavy atom. The maximum Gasteiger partial charge on any atom is 0.128 e. The number of rotatable bonds is 5. The van der Waals surface area contributed by atoms with Crippen LogP contribution in [0.3, 0.4) is 0 Å². The van der Waals surface area contributed by atoms with Crippen LogP contribution in [0.15, 0.2) is 48.5 Å². The predicted molar refractivity (Wildman–Crippen MR) is 94.4 cm³/mol. The Morgan fingerprint density at radius 1 is 1.00 bits per heavy atom. The summed E-state index contributed by atoms with van der Waals surface area (Å²) in [6.45, 7) is 7.12. The SMILES string of the molecule is COc1cccc(OCc2cc3cccc(C)c3n2C(C)C)c1. The summed E-state index contributed by atoms with van der Waals surface area (Å²) >= 11 is 0. The Bertz CT molecular complexity index is 818. The first kappa shape index (κ1) is 15.5. The number of nitrogens with zero attached hydrogens (tertiary/aromatic N) is 1. The molecule has 3 aromatic rings. The Labute approximate surface area is 137 Å². The molecule has 23 heavy (non-hydrogen) atoms. The highest BCUT2D eigenvalue weighted by molar-refractivity contribution is 5.84. The minimum Gasteiger partial charge on any atom is -0.497 e. The van der Waals surface area contributed by atoms with Crippen molar-refractivity contribution in [2.75, 3.05) is 7.11 Å². The van der Waals surface area contributed by atoms with Crippen molar-refractivity contribution in [1.29, 1.82) is 0 Å². The van der Waals surface area contributed by atoms with E-state index in [0.29, 0.717) is 12.6 Å². The van der Waals surface area contributed by atoms with Gasteiger partial charge < -0.3 is 14.0 Å². The highest BCUT2D eigenvalue weighted by atomic mass is 16.5. The predicted octanol–water partition coefficient (Wildman–Crippen LogP) is 5.12. The summed E-state index contributed by atoms with van der Waals surface area (Å²) in [5.41, 5.74) is 3.78. The van der Waals surface area contributed by atoms with E-state index in [1.165, 1.54) is 22.2 Å².